The molecule has 17 heavy (non-hydrogen) atoms. The summed E-state index contributed by atoms with van der Waals surface area (Å²) in [7, 11) is -2.48. The summed E-state index contributed by atoms with van der Waals surface area (Å²) in [6, 6.07) is 0. The van der Waals surface area contributed by atoms with Gasteiger partial charge in [-0.05, 0) is 45.6 Å². The first kappa shape index (κ1) is 19.5. The van der Waals surface area contributed by atoms with Gasteiger partial charge in [0, 0.05) is 19.8 Å². The number of allylic oxidation sites excluding steroid dienone is 1. The molecule has 104 valence electrons. The average molecular weight is 281 g/mol. The van der Waals surface area contributed by atoms with Crippen molar-refractivity contribution in [3.63, 3.8) is 0 Å². The summed E-state index contributed by atoms with van der Waals surface area (Å²) in [6.45, 7) is 11.8. The van der Waals surface area contributed by atoms with E-state index < -0.39 is 8.80 Å². The first-order valence-corrected chi connectivity index (χ1v) is 8.76. The van der Waals surface area contributed by atoms with Crippen LogP contribution in [0.5, 0.6) is 0 Å². The lowest BCUT2D eigenvalue weighted by atomic mass is 10.6. The van der Waals surface area contributed by atoms with Crippen LogP contribution in [0.3, 0.4) is 0 Å². The fraction of sp³-hybridized carbons (Fsp3) is 0.833. The Morgan fingerprint density at radius 3 is 1.47 bits per heavy atom. The number of hydrogen-bond donors (Lipinski definition) is 1. The van der Waals surface area contributed by atoms with E-state index in [4.69, 9.17) is 13.3 Å². The van der Waals surface area contributed by atoms with E-state index >= 15 is 0 Å². The van der Waals surface area contributed by atoms with Gasteiger partial charge >= 0.3 is 8.80 Å². The molecule has 0 aromatic carbocycles. The van der Waals surface area contributed by atoms with E-state index in [-0.39, 0.29) is 0 Å². The fourth-order valence-corrected chi connectivity index (χ4v) is 3.23. The highest BCUT2D eigenvalue weighted by molar-refractivity contribution is 7.80. The van der Waals surface area contributed by atoms with Crippen molar-refractivity contribution >= 4 is 21.4 Å². The van der Waals surface area contributed by atoms with E-state index in [1.165, 1.54) is 6.42 Å². The molecule has 0 atom stereocenters. The third-order valence-corrected chi connectivity index (χ3v) is 4.89. The summed E-state index contributed by atoms with van der Waals surface area (Å²) in [5, 5.41) is 0. The summed E-state index contributed by atoms with van der Waals surface area (Å²) in [4.78, 5) is 0. The lowest BCUT2D eigenvalue weighted by molar-refractivity contribution is 0.0842. The third kappa shape index (κ3) is 11.0. The van der Waals surface area contributed by atoms with E-state index in [1.54, 1.807) is 0 Å². The number of hydrogen-bond acceptors (Lipinski definition) is 4. The molecule has 0 heterocycles. The summed E-state index contributed by atoms with van der Waals surface area (Å²) < 4.78 is 16.7. The molecule has 0 fully saturated rings. The first-order chi connectivity index (χ1) is 8.16. The molecule has 0 aromatic heterocycles. The van der Waals surface area contributed by atoms with Crippen LogP contribution >= 0.6 is 12.6 Å². The van der Waals surface area contributed by atoms with Gasteiger partial charge in [-0.15, -0.1) is 0 Å². The van der Waals surface area contributed by atoms with Crippen LogP contribution < -0.4 is 0 Å². The Morgan fingerprint density at radius 2 is 1.29 bits per heavy atom. The average Bonchev–Trinajstić information content (AvgIpc) is 2.31. The van der Waals surface area contributed by atoms with E-state index in [0.29, 0.717) is 19.8 Å². The van der Waals surface area contributed by atoms with Crippen LogP contribution in [-0.2, 0) is 13.3 Å². The van der Waals surface area contributed by atoms with E-state index in [0.717, 1.165) is 5.75 Å². The minimum atomic E-state index is -2.48. The second-order valence-electron chi connectivity index (χ2n) is 3.13. The molecular formula is C12H28O3SSi. The molecule has 0 aliphatic rings. The topological polar surface area (TPSA) is 27.7 Å². The summed E-state index contributed by atoms with van der Waals surface area (Å²) in [6.07, 6.45) is 3.11. The molecule has 0 unspecified atom stereocenters. The fourth-order valence-electron chi connectivity index (χ4n) is 1.08. The Balaban J connectivity index is 0. The predicted molar refractivity (Wildman–Crippen MR) is 79.6 cm³/mol. The highest BCUT2D eigenvalue weighted by Crippen LogP contribution is 2.11. The van der Waals surface area contributed by atoms with Crippen molar-refractivity contribution in [2.45, 2.75) is 41.0 Å². The number of rotatable bonds is 8. The molecule has 0 aliphatic heterocycles. The molecule has 0 saturated heterocycles. The van der Waals surface area contributed by atoms with Gasteiger partial charge in [0.1, 0.15) is 0 Å². The van der Waals surface area contributed by atoms with Crippen molar-refractivity contribution in [2.75, 3.05) is 25.6 Å². The molecule has 0 spiro atoms. The second kappa shape index (κ2) is 14.2. The van der Waals surface area contributed by atoms with Crippen molar-refractivity contribution in [3.05, 3.63) is 11.8 Å². The van der Waals surface area contributed by atoms with Gasteiger partial charge in [-0.3, -0.25) is 0 Å². The monoisotopic (exact) mass is 280 g/mol. The molecular weight excluding hydrogens is 252 g/mol. The number of thiol groups is 1. The molecule has 0 rings (SSSR count). The zero-order valence-corrected chi connectivity index (χ0v) is 13.8. The SMILES string of the molecule is CC=C[Si](OCC)(OCC)OCC.CCCS. The van der Waals surface area contributed by atoms with Crippen LogP contribution in [0.2, 0.25) is 0 Å². The smallest absolute Gasteiger partial charge is 0.371 e. The highest BCUT2D eigenvalue weighted by atomic mass is 32.1. The normalized spacial score (nSPS) is 11.4. The minimum Gasteiger partial charge on any atom is -0.371 e. The maximum atomic E-state index is 5.56. The van der Waals surface area contributed by atoms with Crippen molar-refractivity contribution in [1.29, 1.82) is 0 Å². The zero-order valence-electron chi connectivity index (χ0n) is 11.9. The Hall–Kier alpha value is 0.187. The molecule has 3 nitrogen and oxygen atoms in total. The largest absolute Gasteiger partial charge is 0.529 e. The van der Waals surface area contributed by atoms with E-state index in [2.05, 4.69) is 19.6 Å². The Morgan fingerprint density at radius 1 is 0.941 bits per heavy atom. The zero-order chi connectivity index (χ0) is 13.6. The molecule has 0 radical (unpaired) electrons. The van der Waals surface area contributed by atoms with Crippen LogP contribution in [0.15, 0.2) is 11.8 Å². The molecule has 0 amide bonds. The summed E-state index contributed by atoms with van der Waals surface area (Å²) >= 11 is 3.92. The van der Waals surface area contributed by atoms with Gasteiger partial charge in [0.15, 0.2) is 0 Å². The van der Waals surface area contributed by atoms with Gasteiger partial charge in [0.2, 0.25) is 0 Å². The highest BCUT2D eigenvalue weighted by Gasteiger charge is 2.36. The van der Waals surface area contributed by atoms with Crippen molar-refractivity contribution in [3.8, 4) is 0 Å². The Labute approximate surface area is 113 Å². The molecule has 0 N–H and O–H groups in total. The van der Waals surface area contributed by atoms with Gasteiger partial charge in [-0.2, -0.15) is 12.6 Å². The summed E-state index contributed by atoms with van der Waals surface area (Å²) in [5.74, 6) is 1.01. The van der Waals surface area contributed by atoms with Gasteiger partial charge in [0.05, 0.1) is 0 Å². The molecule has 5 heteroatoms. The lowest BCUT2D eigenvalue weighted by Gasteiger charge is -2.24. The Kier molecular flexibility index (Phi) is 16.4. The van der Waals surface area contributed by atoms with E-state index in [1.807, 2.05) is 39.5 Å². The maximum absolute atomic E-state index is 5.56. The maximum Gasteiger partial charge on any atom is 0.529 e. The second-order valence-corrected chi connectivity index (χ2v) is 5.98. The lowest BCUT2D eigenvalue weighted by Crippen LogP contribution is -2.44. The van der Waals surface area contributed by atoms with Gasteiger partial charge in [-0.1, -0.05) is 13.0 Å². The quantitative estimate of drug-likeness (QED) is 0.545. The van der Waals surface area contributed by atoms with Crippen LogP contribution in [0.4, 0.5) is 0 Å². The van der Waals surface area contributed by atoms with Crippen molar-refractivity contribution in [2.24, 2.45) is 0 Å². The Bertz CT molecular complexity index is 158. The predicted octanol–water partition coefficient (Wildman–Crippen LogP) is 3.48. The van der Waals surface area contributed by atoms with Crippen molar-refractivity contribution < 1.29 is 13.3 Å². The molecule has 0 aliphatic carbocycles. The third-order valence-electron chi connectivity index (χ3n) is 1.63. The summed E-state index contributed by atoms with van der Waals surface area (Å²) in [5.41, 5.74) is 1.92. The minimum absolute atomic E-state index is 0.622. The first-order valence-electron chi connectivity index (χ1n) is 6.32. The van der Waals surface area contributed by atoms with Crippen LogP contribution in [-0.4, -0.2) is 34.4 Å². The standard InChI is InChI=1S/C9H20O3Si.C3H8S/c1-5-9-13(10-6-2,11-7-3)12-8-4;1-2-3-4/h5,9H,6-8H2,1-4H3;4H,2-3H2,1H3. The van der Waals surface area contributed by atoms with Crippen LogP contribution in [0, 0.1) is 0 Å². The molecule has 0 aromatic rings. The molecule has 0 bridgehead atoms. The van der Waals surface area contributed by atoms with Crippen molar-refractivity contribution in [1.82, 2.24) is 0 Å². The van der Waals surface area contributed by atoms with Crippen LogP contribution in [0.1, 0.15) is 41.0 Å². The molecule has 0 saturated carbocycles. The van der Waals surface area contributed by atoms with E-state index in [9.17, 15) is 0 Å². The van der Waals surface area contributed by atoms with Gasteiger partial charge in [0.25, 0.3) is 0 Å². The van der Waals surface area contributed by atoms with Gasteiger partial charge in [-0.25, -0.2) is 0 Å². The van der Waals surface area contributed by atoms with Crippen LogP contribution in [0.25, 0.3) is 0 Å². The van der Waals surface area contributed by atoms with Gasteiger partial charge < -0.3 is 13.3 Å².